The first kappa shape index (κ1) is 20.7. The van der Waals surface area contributed by atoms with Crippen LogP contribution in [0.15, 0.2) is 18.2 Å². The number of carbonyl (C=O) groups excluding carboxylic acids is 2. The first-order valence-corrected chi connectivity index (χ1v) is 8.37. The third-order valence-corrected chi connectivity index (χ3v) is 4.51. The molecule has 24 heavy (non-hydrogen) atoms. The van der Waals surface area contributed by atoms with Crippen molar-refractivity contribution in [3.63, 3.8) is 0 Å². The number of benzene rings is 1. The van der Waals surface area contributed by atoms with Gasteiger partial charge in [-0.1, -0.05) is 25.4 Å². The summed E-state index contributed by atoms with van der Waals surface area (Å²) in [5, 5.41) is 6.46. The van der Waals surface area contributed by atoms with Gasteiger partial charge in [-0.05, 0) is 38.1 Å². The summed E-state index contributed by atoms with van der Waals surface area (Å²) < 4.78 is 0. The van der Waals surface area contributed by atoms with E-state index in [9.17, 15) is 9.59 Å². The normalized spacial score (nSPS) is 15.1. The Kier molecular flexibility index (Phi) is 8.00. The molecule has 7 heteroatoms. The summed E-state index contributed by atoms with van der Waals surface area (Å²) in [6, 6.07) is 5.50. The number of nitrogens with zero attached hydrogens (tertiary/aromatic N) is 1. The Morgan fingerprint density at radius 2 is 1.88 bits per heavy atom. The van der Waals surface area contributed by atoms with Crippen molar-refractivity contribution in [2.75, 3.05) is 25.5 Å². The van der Waals surface area contributed by atoms with Gasteiger partial charge in [0.05, 0.1) is 10.6 Å². The molecule has 0 radical (unpaired) electrons. The standard InChI is InChI=1S/C17H24ClN3O2.ClH/c1-11(2)16(22)20-13-4-5-15(18)14(10-13)17(23)21-8-6-12(19-3)7-9-21;/h4-5,10-12,19H,6-9H2,1-3H3,(H,20,22);1H. The monoisotopic (exact) mass is 373 g/mol. The number of rotatable bonds is 4. The van der Waals surface area contributed by atoms with E-state index in [1.807, 2.05) is 25.8 Å². The lowest BCUT2D eigenvalue weighted by molar-refractivity contribution is -0.118. The molecule has 1 aromatic carbocycles. The highest BCUT2D eigenvalue weighted by atomic mass is 35.5. The van der Waals surface area contributed by atoms with Crippen molar-refractivity contribution in [3.8, 4) is 0 Å². The van der Waals surface area contributed by atoms with E-state index in [-0.39, 0.29) is 30.1 Å². The van der Waals surface area contributed by atoms with E-state index in [2.05, 4.69) is 10.6 Å². The van der Waals surface area contributed by atoms with E-state index in [1.165, 1.54) is 0 Å². The van der Waals surface area contributed by atoms with Gasteiger partial charge in [0, 0.05) is 30.7 Å². The van der Waals surface area contributed by atoms with Crippen LogP contribution in [0, 0.1) is 5.92 Å². The number of hydrogen-bond acceptors (Lipinski definition) is 3. The zero-order valence-electron chi connectivity index (χ0n) is 14.3. The lowest BCUT2D eigenvalue weighted by atomic mass is 10.0. The minimum Gasteiger partial charge on any atom is -0.338 e. The average Bonchev–Trinajstić information content (AvgIpc) is 2.56. The molecule has 1 heterocycles. The summed E-state index contributed by atoms with van der Waals surface area (Å²) in [6.45, 7) is 5.07. The Hall–Kier alpha value is -1.30. The Balaban J connectivity index is 0.00000288. The van der Waals surface area contributed by atoms with Crippen molar-refractivity contribution in [2.24, 2.45) is 5.92 Å². The maximum atomic E-state index is 12.7. The van der Waals surface area contributed by atoms with E-state index in [1.54, 1.807) is 18.2 Å². The Bertz CT molecular complexity index is 585. The molecule has 0 spiro atoms. The molecule has 0 unspecified atom stereocenters. The molecule has 2 rings (SSSR count). The van der Waals surface area contributed by atoms with E-state index in [4.69, 9.17) is 11.6 Å². The maximum Gasteiger partial charge on any atom is 0.255 e. The quantitative estimate of drug-likeness (QED) is 0.851. The predicted molar refractivity (Wildman–Crippen MR) is 100 cm³/mol. The number of piperidine rings is 1. The fraction of sp³-hybridized carbons (Fsp3) is 0.529. The van der Waals surface area contributed by atoms with Crippen molar-refractivity contribution in [3.05, 3.63) is 28.8 Å². The van der Waals surface area contributed by atoms with Crippen LogP contribution in [0.4, 0.5) is 5.69 Å². The zero-order valence-corrected chi connectivity index (χ0v) is 15.8. The molecule has 1 aliphatic rings. The molecule has 2 N–H and O–H groups in total. The first-order valence-electron chi connectivity index (χ1n) is 7.99. The number of carbonyl (C=O) groups is 2. The second kappa shape index (κ2) is 9.25. The number of amides is 2. The predicted octanol–water partition coefficient (Wildman–Crippen LogP) is 3.18. The van der Waals surface area contributed by atoms with Crippen LogP contribution in [0.1, 0.15) is 37.0 Å². The molecule has 1 aliphatic heterocycles. The van der Waals surface area contributed by atoms with Crippen LogP contribution >= 0.6 is 24.0 Å². The highest BCUT2D eigenvalue weighted by molar-refractivity contribution is 6.34. The van der Waals surface area contributed by atoms with E-state index in [0.717, 1.165) is 12.8 Å². The largest absolute Gasteiger partial charge is 0.338 e. The topological polar surface area (TPSA) is 61.4 Å². The molecule has 134 valence electrons. The first-order chi connectivity index (χ1) is 10.9. The molecule has 0 aromatic heterocycles. The van der Waals surface area contributed by atoms with Crippen LogP contribution in [0.2, 0.25) is 5.02 Å². The second-order valence-electron chi connectivity index (χ2n) is 6.19. The minimum absolute atomic E-state index is 0. The second-order valence-corrected chi connectivity index (χ2v) is 6.60. The summed E-state index contributed by atoms with van der Waals surface area (Å²) in [5.41, 5.74) is 1.04. The van der Waals surface area contributed by atoms with Gasteiger partial charge in [0.25, 0.3) is 5.91 Å². The van der Waals surface area contributed by atoms with Crippen LogP contribution in [-0.4, -0.2) is 42.9 Å². The van der Waals surface area contributed by atoms with Gasteiger partial charge in [-0.25, -0.2) is 0 Å². The van der Waals surface area contributed by atoms with Crippen LogP contribution in [0.25, 0.3) is 0 Å². The summed E-state index contributed by atoms with van der Waals surface area (Å²) in [6.07, 6.45) is 1.87. The molecule has 1 aromatic rings. The van der Waals surface area contributed by atoms with Crippen molar-refractivity contribution >= 4 is 41.5 Å². The molecular weight excluding hydrogens is 349 g/mol. The van der Waals surface area contributed by atoms with Crippen LogP contribution in [0.3, 0.4) is 0 Å². The summed E-state index contributed by atoms with van der Waals surface area (Å²) in [5.74, 6) is -0.281. The van der Waals surface area contributed by atoms with E-state index < -0.39 is 0 Å². The highest BCUT2D eigenvalue weighted by Gasteiger charge is 2.24. The summed E-state index contributed by atoms with van der Waals surface area (Å²) in [4.78, 5) is 26.3. The number of hydrogen-bond donors (Lipinski definition) is 2. The molecule has 0 saturated carbocycles. The smallest absolute Gasteiger partial charge is 0.255 e. The van der Waals surface area contributed by atoms with Gasteiger partial charge in [0.2, 0.25) is 5.91 Å². The molecule has 5 nitrogen and oxygen atoms in total. The fourth-order valence-corrected chi connectivity index (χ4v) is 2.79. The molecule has 1 saturated heterocycles. The zero-order chi connectivity index (χ0) is 17.0. The number of nitrogens with one attached hydrogen (secondary N) is 2. The van der Waals surface area contributed by atoms with Crippen molar-refractivity contribution in [1.82, 2.24) is 10.2 Å². The summed E-state index contributed by atoms with van der Waals surface area (Å²) >= 11 is 6.19. The summed E-state index contributed by atoms with van der Waals surface area (Å²) in [7, 11) is 1.94. The van der Waals surface area contributed by atoms with Gasteiger partial charge in [0.15, 0.2) is 0 Å². The average molecular weight is 374 g/mol. The molecule has 0 aliphatic carbocycles. The number of anilines is 1. The van der Waals surface area contributed by atoms with Crippen LogP contribution in [-0.2, 0) is 4.79 Å². The molecule has 1 fully saturated rings. The van der Waals surface area contributed by atoms with Crippen LogP contribution in [0.5, 0.6) is 0 Å². The molecule has 2 amide bonds. The van der Waals surface area contributed by atoms with E-state index in [0.29, 0.717) is 35.4 Å². The SMILES string of the molecule is CNC1CCN(C(=O)c2cc(NC(=O)C(C)C)ccc2Cl)CC1.Cl. The Morgan fingerprint density at radius 3 is 2.42 bits per heavy atom. The van der Waals surface area contributed by atoms with Crippen molar-refractivity contribution in [2.45, 2.75) is 32.7 Å². The van der Waals surface area contributed by atoms with E-state index >= 15 is 0 Å². The Morgan fingerprint density at radius 1 is 1.25 bits per heavy atom. The molecule has 0 bridgehead atoms. The number of likely N-dealkylation sites (tertiary alicyclic amines) is 1. The minimum atomic E-state index is -0.120. The van der Waals surface area contributed by atoms with Gasteiger partial charge >= 0.3 is 0 Å². The van der Waals surface area contributed by atoms with Gasteiger partial charge in [-0.3, -0.25) is 9.59 Å². The third kappa shape index (κ3) is 5.10. The van der Waals surface area contributed by atoms with Crippen LogP contribution < -0.4 is 10.6 Å². The maximum absolute atomic E-state index is 12.7. The lowest BCUT2D eigenvalue weighted by Gasteiger charge is -2.32. The van der Waals surface area contributed by atoms with Gasteiger partial charge in [0.1, 0.15) is 0 Å². The lowest BCUT2D eigenvalue weighted by Crippen LogP contribution is -2.44. The van der Waals surface area contributed by atoms with Gasteiger partial charge in [-0.15, -0.1) is 12.4 Å². The van der Waals surface area contributed by atoms with Crippen molar-refractivity contribution in [1.29, 1.82) is 0 Å². The molecule has 0 atom stereocenters. The van der Waals surface area contributed by atoms with Crippen molar-refractivity contribution < 1.29 is 9.59 Å². The number of halogens is 2. The molecular formula is C17H25Cl2N3O2. The highest BCUT2D eigenvalue weighted by Crippen LogP contribution is 2.24. The van der Waals surface area contributed by atoms with Gasteiger partial charge in [-0.2, -0.15) is 0 Å². The fourth-order valence-electron chi connectivity index (χ4n) is 2.60. The third-order valence-electron chi connectivity index (χ3n) is 4.18. The van der Waals surface area contributed by atoms with Gasteiger partial charge < -0.3 is 15.5 Å². The Labute approximate surface area is 154 Å².